The molecule has 1 radical (unpaired) electrons. The lowest BCUT2D eigenvalue weighted by Crippen LogP contribution is -2.17. The maximum atomic E-state index is 11.8. The van der Waals surface area contributed by atoms with Gasteiger partial charge in [-0.2, -0.15) is 0 Å². The lowest BCUT2D eigenvalue weighted by Gasteiger charge is -2.09. The molecule has 6 heteroatoms. The summed E-state index contributed by atoms with van der Waals surface area (Å²) in [5.41, 5.74) is 0.803. The molecule has 0 fully saturated rings. The van der Waals surface area contributed by atoms with Crippen molar-refractivity contribution in [2.75, 3.05) is 6.54 Å². The Balaban J connectivity index is 2.51. The van der Waals surface area contributed by atoms with E-state index in [1.165, 1.54) is 30.7 Å². The van der Waals surface area contributed by atoms with Crippen LogP contribution in [0.1, 0.15) is 5.56 Å². The first-order chi connectivity index (χ1) is 7.51. The van der Waals surface area contributed by atoms with Crippen molar-refractivity contribution in [2.45, 2.75) is 12.8 Å². The molecule has 0 aliphatic heterocycles. The second kappa shape index (κ2) is 5.39. The first-order valence-electron chi connectivity index (χ1n) is 4.46. The zero-order valence-electron chi connectivity index (χ0n) is 8.17. The highest BCUT2D eigenvalue weighted by molar-refractivity contribution is 5.47. The number of amides is 1. The van der Waals surface area contributed by atoms with Crippen LogP contribution in [0, 0.1) is 0 Å². The highest BCUT2D eigenvalue weighted by Gasteiger charge is 2.30. The number of halogens is 3. The molecule has 1 aromatic rings. The number of benzene rings is 1. The van der Waals surface area contributed by atoms with E-state index in [1.807, 2.05) is 0 Å². The summed E-state index contributed by atoms with van der Waals surface area (Å²) in [6.45, 7) is 0.392. The van der Waals surface area contributed by atoms with Crippen molar-refractivity contribution >= 4 is 6.41 Å². The smallest absolute Gasteiger partial charge is 0.406 e. The lowest BCUT2D eigenvalue weighted by atomic mass is 10.1. The summed E-state index contributed by atoms with van der Waals surface area (Å²) in [5, 5.41) is 2.33. The molecule has 1 aromatic carbocycles. The predicted octanol–water partition coefficient (Wildman–Crippen LogP) is 1.78. The Bertz CT molecular complexity index is 335. The van der Waals surface area contributed by atoms with Gasteiger partial charge in [-0.1, -0.05) is 12.1 Å². The third-order valence-electron chi connectivity index (χ3n) is 1.77. The van der Waals surface area contributed by atoms with Crippen molar-refractivity contribution in [3.05, 3.63) is 29.8 Å². The van der Waals surface area contributed by atoms with Gasteiger partial charge in [0.25, 0.3) is 0 Å². The molecule has 3 nitrogen and oxygen atoms in total. The molecule has 1 N–H and O–H groups in total. The molecule has 0 unspecified atom stereocenters. The van der Waals surface area contributed by atoms with Crippen molar-refractivity contribution < 1.29 is 22.7 Å². The first-order valence-corrected chi connectivity index (χ1v) is 4.46. The second-order valence-corrected chi connectivity index (χ2v) is 2.97. The Labute approximate surface area is 90.2 Å². The minimum Gasteiger partial charge on any atom is -0.406 e. The Morgan fingerprint density at radius 1 is 1.25 bits per heavy atom. The van der Waals surface area contributed by atoms with Crippen LogP contribution in [-0.4, -0.2) is 19.3 Å². The first kappa shape index (κ1) is 12.4. The fourth-order valence-electron chi connectivity index (χ4n) is 1.12. The van der Waals surface area contributed by atoms with E-state index in [0.717, 1.165) is 5.56 Å². The molecule has 0 bridgehead atoms. The molecule has 87 valence electrons. The van der Waals surface area contributed by atoms with Gasteiger partial charge in [0.05, 0.1) is 0 Å². The topological polar surface area (TPSA) is 38.3 Å². The summed E-state index contributed by atoms with van der Waals surface area (Å²) in [4.78, 5) is 9.82. The number of hydrogen-bond acceptors (Lipinski definition) is 2. The van der Waals surface area contributed by atoms with E-state index in [9.17, 15) is 18.0 Å². The number of ether oxygens (including phenoxy) is 1. The Morgan fingerprint density at radius 3 is 2.38 bits per heavy atom. The molecular formula is C10H9F3NO2. The number of carbonyl (C=O) groups excluding carboxylic acids is 1. The van der Waals surface area contributed by atoms with Crippen molar-refractivity contribution in [1.29, 1.82) is 0 Å². The quantitative estimate of drug-likeness (QED) is 0.620. The third kappa shape index (κ3) is 4.68. The highest BCUT2D eigenvalue weighted by atomic mass is 19.4. The average Bonchev–Trinajstić information content (AvgIpc) is 2.19. The van der Waals surface area contributed by atoms with E-state index >= 15 is 0 Å². The van der Waals surface area contributed by atoms with Gasteiger partial charge in [-0.15, -0.1) is 13.2 Å². The second-order valence-electron chi connectivity index (χ2n) is 2.97. The Hall–Kier alpha value is -1.72. The maximum absolute atomic E-state index is 11.8. The largest absolute Gasteiger partial charge is 0.573 e. The number of alkyl halides is 3. The van der Waals surface area contributed by atoms with Gasteiger partial charge in [-0.25, -0.2) is 0 Å². The standard InChI is InChI=1S/C10H9F3NO2/c11-10(12,13)16-9-3-1-8(2-4-9)5-6-14-7-15/h1-4H,5-6H2,(H,14,15). The van der Waals surface area contributed by atoms with Crippen molar-refractivity contribution in [3.8, 4) is 5.75 Å². The number of rotatable bonds is 5. The monoisotopic (exact) mass is 232 g/mol. The van der Waals surface area contributed by atoms with Gasteiger partial charge in [-0.3, -0.25) is 4.79 Å². The summed E-state index contributed by atoms with van der Waals surface area (Å²) in [6.07, 6.45) is -2.63. The third-order valence-corrected chi connectivity index (χ3v) is 1.77. The molecule has 1 rings (SSSR count). The van der Waals surface area contributed by atoms with Gasteiger partial charge >= 0.3 is 12.8 Å². The van der Waals surface area contributed by atoms with Gasteiger partial charge in [-0.05, 0) is 24.1 Å². The summed E-state index contributed by atoms with van der Waals surface area (Å²) < 4.78 is 39.1. The molecule has 0 aliphatic rings. The molecule has 16 heavy (non-hydrogen) atoms. The van der Waals surface area contributed by atoms with Crippen molar-refractivity contribution in [3.63, 3.8) is 0 Å². The van der Waals surface area contributed by atoms with Crippen LogP contribution in [0.2, 0.25) is 0 Å². The van der Waals surface area contributed by atoms with Crippen LogP contribution in [-0.2, 0) is 11.2 Å². The van der Waals surface area contributed by atoms with E-state index < -0.39 is 6.36 Å². The minimum absolute atomic E-state index is 0.258. The molecule has 0 heterocycles. The highest BCUT2D eigenvalue weighted by Crippen LogP contribution is 2.22. The van der Waals surface area contributed by atoms with E-state index in [-0.39, 0.29) is 5.75 Å². The fraction of sp³-hybridized carbons (Fsp3) is 0.300. The van der Waals surface area contributed by atoms with E-state index in [1.54, 1.807) is 0 Å². The lowest BCUT2D eigenvalue weighted by molar-refractivity contribution is -0.274. The van der Waals surface area contributed by atoms with Crippen LogP contribution in [0.4, 0.5) is 13.2 Å². The molecule has 0 spiro atoms. The van der Waals surface area contributed by atoms with Crippen LogP contribution < -0.4 is 10.1 Å². The van der Waals surface area contributed by atoms with Gasteiger partial charge in [0, 0.05) is 6.54 Å². The summed E-state index contributed by atoms with van der Waals surface area (Å²) in [6, 6.07) is 5.47. The normalized spacial score (nSPS) is 10.9. The predicted molar refractivity (Wildman–Crippen MR) is 50.5 cm³/mol. The van der Waals surface area contributed by atoms with E-state index in [4.69, 9.17) is 0 Å². The molecule has 0 atom stereocenters. The molecule has 0 saturated heterocycles. The zero-order chi connectivity index (χ0) is 12.0. The van der Waals surface area contributed by atoms with Crippen LogP contribution in [0.5, 0.6) is 5.75 Å². The SMILES string of the molecule is O=[C]NCCc1ccc(OC(F)(F)F)cc1. The molecule has 0 saturated carbocycles. The number of nitrogens with one attached hydrogen (secondary N) is 1. The molecule has 0 aliphatic carbocycles. The number of hydrogen-bond donors (Lipinski definition) is 1. The van der Waals surface area contributed by atoms with Gasteiger partial charge in [0.15, 0.2) is 0 Å². The van der Waals surface area contributed by atoms with Crippen LogP contribution in [0.25, 0.3) is 0 Å². The van der Waals surface area contributed by atoms with E-state index in [2.05, 4.69) is 10.1 Å². The minimum atomic E-state index is -4.67. The molecular weight excluding hydrogens is 223 g/mol. The van der Waals surface area contributed by atoms with Crippen LogP contribution in [0.15, 0.2) is 24.3 Å². The summed E-state index contributed by atoms with van der Waals surface area (Å²) in [7, 11) is 0. The maximum Gasteiger partial charge on any atom is 0.573 e. The fourth-order valence-corrected chi connectivity index (χ4v) is 1.12. The van der Waals surface area contributed by atoms with Gasteiger partial charge in [0.1, 0.15) is 5.75 Å². The molecule has 0 aromatic heterocycles. The molecule has 1 amide bonds. The van der Waals surface area contributed by atoms with Gasteiger partial charge in [0.2, 0.25) is 0 Å². The Morgan fingerprint density at radius 2 is 1.88 bits per heavy atom. The van der Waals surface area contributed by atoms with Crippen molar-refractivity contribution in [2.24, 2.45) is 0 Å². The van der Waals surface area contributed by atoms with Crippen molar-refractivity contribution in [1.82, 2.24) is 5.32 Å². The summed E-state index contributed by atoms with van der Waals surface area (Å²) in [5.74, 6) is -0.258. The Kier molecular flexibility index (Phi) is 4.16. The summed E-state index contributed by atoms with van der Waals surface area (Å²) >= 11 is 0. The van der Waals surface area contributed by atoms with E-state index in [0.29, 0.717) is 13.0 Å². The van der Waals surface area contributed by atoms with Gasteiger partial charge < -0.3 is 10.1 Å². The zero-order valence-corrected chi connectivity index (χ0v) is 8.17. The van der Waals surface area contributed by atoms with Crippen LogP contribution in [0.3, 0.4) is 0 Å². The average molecular weight is 232 g/mol. The van der Waals surface area contributed by atoms with Crippen LogP contribution >= 0.6 is 0 Å².